The number of amides is 1. The van der Waals surface area contributed by atoms with Crippen molar-refractivity contribution in [1.29, 1.82) is 0 Å². The Morgan fingerprint density at radius 1 is 1.03 bits per heavy atom. The summed E-state index contributed by atoms with van der Waals surface area (Å²) in [6, 6.07) is 9.37. The van der Waals surface area contributed by atoms with Gasteiger partial charge in [-0.2, -0.15) is 4.31 Å². The Labute approximate surface area is 178 Å². The first kappa shape index (κ1) is 24.0. The van der Waals surface area contributed by atoms with Gasteiger partial charge in [0.25, 0.3) is 0 Å². The molecule has 0 aliphatic heterocycles. The molecule has 2 aromatic carbocycles. The second-order valence-electron chi connectivity index (χ2n) is 6.41. The van der Waals surface area contributed by atoms with E-state index >= 15 is 0 Å². The van der Waals surface area contributed by atoms with Crippen molar-refractivity contribution in [2.45, 2.75) is 6.54 Å². The van der Waals surface area contributed by atoms with E-state index in [1.165, 1.54) is 43.5 Å². The molecule has 1 N–H and O–H groups in total. The van der Waals surface area contributed by atoms with Crippen molar-refractivity contribution in [3.8, 4) is 0 Å². The Hall–Kier alpha value is -3.31. The summed E-state index contributed by atoms with van der Waals surface area (Å²) in [4.78, 5) is 36.3. The Morgan fingerprint density at radius 3 is 2.26 bits per heavy atom. The number of nitrogens with one attached hydrogen (secondary N) is 1. The number of sulfonamides is 1. The minimum absolute atomic E-state index is 0.0523. The van der Waals surface area contributed by atoms with Crippen molar-refractivity contribution >= 4 is 33.6 Å². The van der Waals surface area contributed by atoms with Crippen LogP contribution >= 0.6 is 0 Å². The molecule has 0 aliphatic rings. The van der Waals surface area contributed by atoms with Gasteiger partial charge in [-0.25, -0.2) is 22.4 Å². The molecule has 0 heterocycles. The zero-order chi connectivity index (χ0) is 23.2. The maximum atomic E-state index is 13.9. The first-order valence-electron chi connectivity index (χ1n) is 8.86. The van der Waals surface area contributed by atoms with E-state index in [2.05, 4.69) is 14.8 Å². The minimum Gasteiger partial charge on any atom is -0.465 e. The van der Waals surface area contributed by atoms with Crippen LogP contribution in [-0.2, 0) is 30.8 Å². The summed E-state index contributed by atoms with van der Waals surface area (Å²) in [6.45, 7) is -1.03. The van der Waals surface area contributed by atoms with Gasteiger partial charge in [0.15, 0.2) is 0 Å². The fourth-order valence-corrected chi connectivity index (χ4v) is 3.36. The average Bonchev–Trinajstić information content (AvgIpc) is 2.72. The zero-order valence-electron chi connectivity index (χ0n) is 17.0. The largest absolute Gasteiger partial charge is 0.465 e. The van der Waals surface area contributed by atoms with Crippen molar-refractivity contribution in [2.75, 3.05) is 32.3 Å². The highest BCUT2D eigenvalue weighted by Gasteiger charge is 2.23. The summed E-state index contributed by atoms with van der Waals surface area (Å²) in [5.74, 6) is -2.91. The summed E-state index contributed by atoms with van der Waals surface area (Å²) >= 11 is 0. The van der Waals surface area contributed by atoms with Crippen LogP contribution in [0, 0.1) is 5.82 Å². The molecular formula is C20H21FN2O7S. The highest BCUT2D eigenvalue weighted by atomic mass is 32.2. The average molecular weight is 452 g/mol. The van der Waals surface area contributed by atoms with Crippen LogP contribution in [0.3, 0.4) is 0 Å². The maximum Gasteiger partial charge on any atom is 0.339 e. The number of carbonyl (C=O) groups excluding carboxylic acids is 3. The number of anilines is 1. The lowest BCUT2D eigenvalue weighted by Gasteiger charge is -2.20. The molecule has 2 aromatic rings. The molecular weight excluding hydrogens is 431 g/mol. The molecule has 0 spiro atoms. The number of esters is 2. The SMILES string of the molecule is COC(=O)c1ccc(C(=O)OC)c(NC(=O)CN(Cc2ccccc2F)S(C)(=O)=O)c1. The maximum absolute atomic E-state index is 13.9. The smallest absolute Gasteiger partial charge is 0.339 e. The number of hydrogen-bond donors (Lipinski definition) is 1. The van der Waals surface area contributed by atoms with E-state index in [4.69, 9.17) is 0 Å². The lowest BCUT2D eigenvalue weighted by Crippen LogP contribution is -2.37. The van der Waals surface area contributed by atoms with Gasteiger partial charge in [0, 0.05) is 12.1 Å². The molecule has 0 saturated heterocycles. The van der Waals surface area contributed by atoms with E-state index < -0.39 is 40.2 Å². The van der Waals surface area contributed by atoms with Crippen LogP contribution < -0.4 is 5.32 Å². The van der Waals surface area contributed by atoms with Gasteiger partial charge < -0.3 is 14.8 Å². The summed E-state index contributed by atoms with van der Waals surface area (Å²) < 4.78 is 48.3. The van der Waals surface area contributed by atoms with Crippen molar-refractivity contribution < 1.29 is 36.7 Å². The quantitative estimate of drug-likeness (QED) is 0.607. The molecule has 2 rings (SSSR count). The number of benzene rings is 2. The Balaban J connectivity index is 2.30. The van der Waals surface area contributed by atoms with E-state index in [-0.39, 0.29) is 28.9 Å². The Kier molecular flexibility index (Phi) is 7.83. The van der Waals surface area contributed by atoms with Gasteiger partial charge in [0.1, 0.15) is 5.82 Å². The van der Waals surface area contributed by atoms with E-state index in [9.17, 15) is 27.2 Å². The van der Waals surface area contributed by atoms with E-state index in [0.29, 0.717) is 0 Å². The topological polar surface area (TPSA) is 119 Å². The van der Waals surface area contributed by atoms with Gasteiger partial charge in [0.2, 0.25) is 15.9 Å². The van der Waals surface area contributed by atoms with Crippen molar-refractivity contribution in [3.05, 3.63) is 65.0 Å². The van der Waals surface area contributed by atoms with Crippen molar-refractivity contribution in [2.24, 2.45) is 0 Å². The van der Waals surface area contributed by atoms with Crippen LogP contribution in [0.5, 0.6) is 0 Å². The third kappa shape index (κ3) is 6.33. The number of halogens is 1. The van der Waals surface area contributed by atoms with Crippen LogP contribution in [0.4, 0.5) is 10.1 Å². The van der Waals surface area contributed by atoms with Crippen LogP contribution in [0.2, 0.25) is 0 Å². The Bertz CT molecular complexity index is 1100. The predicted octanol–water partition coefficient (Wildman–Crippen LogP) is 1.80. The minimum atomic E-state index is -3.88. The van der Waals surface area contributed by atoms with E-state index in [1.54, 1.807) is 6.07 Å². The second-order valence-corrected chi connectivity index (χ2v) is 8.40. The van der Waals surface area contributed by atoms with Gasteiger partial charge in [0.05, 0.1) is 43.8 Å². The fourth-order valence-electron chi connectivity index (χ4n) is 2.64. The first-order chi connectivity index (χ1) is 14.6. The summed E-state index contributed by atoms with van der Waals surface area (Å²) in [5, 5.41) is 2.40. The Morgan fingerprint density at radius 2 is 1.68 bits per heavy atom. The summed E-state index contributed by atoms with van der Waals surface area (Å²) in [7, 11) is -1.57. The van der Waals surface area contributed by atoms with Crippen LogP contribution in [0.1, 0.15) is 26.3 Å². The van der Waals surface area contributed by atoms with Gasteiger partial charge in [-0.3, -0.25) is 4.79 Å². The fraction of sp³-hybridized carbons (Fsp3) is 0.250. The van der Waals surface area contributed by atoms with E-state index in [0.717, 1.165) is 17.7 Å². The first-order valence-corrected chi connectivity index (χ1v) is 10.7. The van der Waals surface area contributed by atoms with Gasteiger partial charge >= 0.3 is 11.9 Å². The van der Waals surface area contributed by atoms with Gasteiger partial charge in [-0.15, -0.1) is 0 Å². The summed E-state index contributed by atoms with van der Waals surface area (Å²) in [5.41, 5.74) is 0.0167. The predicted molar refractivity (Wildman–Crippen MR) is 109 cm³/mol. The standard InChI is InChI=1S/C20H21FN2O7S/c1-29-19(25)13-8-9-15(20(26)30-2)17(10-13)22-18(24)12-23(31(3,27)28)11-14-6-4-5-7-16(14)21/h4-10H,11-12H2,1-3H3,(H,22,24). The molecule has 0 fully saturated rings. The normalized spacial score (nSPS) is 11.1. The lowest BCUT2D eigenvalue weighted by atomic mass is 10.1. The number of nitrogens with zero attached hydrogens (tertiary/aromatic N) is 1. The number of rotatable bonds is 8. The lowest BCUT2D eigenvalue weighted by molar-refractivity contribution is -0.116. The van der Waals surface area contributed by atoms with Crippen LogP contribution in [0.25, 0.3) is 0 Å². The van der Waals surface area contributed by atoms with E-state index in [1.807, 2.05) is 0 Å². The van der Waals surface area contributed by atoms with Crippen LogP contribution in [0.15, 0.2) is 42.5 Å². The third-order valence-electron chi connectivity index (χ3n) is 4.21. The molecule has 0 bridgehead atoms. The monoisotopic (exact) mass is 452 g/mol. The number of carbonyl (C=O) groups is 3. The molecule has 1 amide bonds. The zero-order valence-corrected chi connectivity index (χ0v) is 17.9. The molecule has 11 heteroatoms. The molecule has 31 heavy (non-hydrogen) atoms. The van der Waals surface area contributed by atoms with Gasteiger partial charge in [-0.1, -0.05) is 18.2 Å². The van der Waals surface area contributed by atoms with Crippen LogP contribution in [-0.4, -0.2) is 57.6 Å². The second kappa shape index (κ2) is 10.1. The molecule has 0 radical (unpaired) electrons. The highest BCUT2D eigenvalue weighted by molar-refractivity contribution is 7.88. The molecule has 0 saturated carbocycles. The number of ether oxygens (including phenoxy) is 2. The molecule has 0 unspecified atom stereocenters. The van der Waals surface area contributed by atoms with Crippen molar-refractivity contribution in [1.82, 2.24) is 4.31 Å². The van der Waals surface area contributed by atoms with Crippen molar-refractivity contribution in [3.63, 3.8) is 0 Å². The summed E-state index contributed by atoms with van der Waals surface area (Å²) in [6.07, 6.45) is 0.888. The third-order valence-corrected chi connectivity index (χ3v) is 5.41. The molecule has 0 aliphatic carbocycles. The number of hydrogen-bond acceptors (Lipinski definition) is 7. The molecule has 0 atom stereocenters. The molecule has 0 aromatic heterocycles. The number of methoxy groups -OCH3 is 2. The molecule has 9 nitrogen and oxygen atoms in total. The van der Waals surface area contributed by atoms with Gasteiger partial charge in [-0.05, 0) is 24.3 Å². The molecule has 166 valence electrons. The highest BCUT2D eigenvalue weighted by Crippen LogP contribution is 2.20.